The Morgan fingerprint density at radius 1 is 1.22 bits per heavy atom. The first-order valence-corrected chi connectivity index (χ1v) is 8.37. The third-order valence-electron chi connectivity index (χ3n) is 3.19. The number of anilines is 2. The maximum atomic E-state index is 12.0. The summed E-state index contributed by atoms with van der Waals surface area (Å²) in [7, 11) is 0. The van der Waals surface area contributed by atoms with Crippen LogP contribution in [-0.4, -0.2) is 27.7 Å². The normalized spacial score (nSPS) is 11.9. The second-order valence-corrected chi connectivity index (χ2v) is 6.22. The van der Waals surface area contributed by atoms with Gasteiger partial charge >= 0.3 is 0 Å². The SMILES string of the molecule is C[C@H](CCc1ccccc1)NC(=O)CSc1nc(N)cc(N)n1. The van der Waals surface area contributed by atoms with E-state index in [0.29, 0.717) is 16.8 Å². The Bertz CT molecular complexity index is 630. The zero-order valence-corrected chi connectivity index (χ0v) is 13.8. The number of aromatic nitrogens is 2. The standard InChI is InChI=1S/C16H21N5OS/c1-11(7-8-12-5-3-2-4-6-12)19-15(22)10-23-16-20-13(17)9-14(18)21-16/h2-6,9,11H,7-8,10H2,1H3,(H,19,22)(H4,17,18,20,21)/t11-/m1/s1. The molecule has 0 saturated carbocycles. The molecule has 0 aliphatic carbocycles. The van der Waals surface area contributed by atoms with Crippen LogP contribution in [0.25, 0.3) is 0 Å². The van der Waals surface area contributed by atoms with E-state index in [1.165, 1.54) is 23.4 Å². The van der Waals surface area contributed by atoms with Crippen LogP contribution >= 0.6 is 11.8 Å². The van der Waals surface area contributed by atoms with Crippen molar-refractivity contribution in [2.24, 2.45) is 0 Å². The highest BCUT2D eigenvalue weighted by molar-refractivity contribution is 7.99. The largest absolute Gasteiger partial charge is 0.383 e. The Labute approximate surface area is 140 Å². The Kier molecular flexibility index (Phi) is 6.22. The van der Waals surface area contributed by atoms with Crippen molar-refractivity contribution in [2.45, 2.75) is 31.0 Å². The summed E-state index contributed by atoms with van der Waals surface area (Å²) in [5, 5.41) is 3.38. The van der Waals surface area contributed by atoms with Crippen LogP contribution in [0, 0.1) is 0 Å². The van der Waals surface area contributed by atoms with Crippen LogP contribution in [0.2, 0.25) is 0 Å². The lowest BCUT2D eigenvalue weighted by atomic mass is 10.1. The molecule has 122 valence electrons. The van der Waals surface area contributed by atoms with E-state index in [2.05, 4.69) is 27.4 Å². The molecule has 2 rings (SSSR count). The Morgan fingerprint density at radius 3 is 2.52 bits per heavy atom. The molecule has 0 aliphatic rings. The summed E-state index contributed by atoms with van der Waals surface area (Å²) in [6, 6.07) is 11.8. The molecule has 2 aromatic rings. The number of nitrogens with one attached hydrogen (secondary N) is 1. The number of thioether (sulfide) groups is 1. The summed E-state index contributed by atoms with van der Waals surface area (Å²) in [5.41, 5.74) is 12.5. The first kappa shape index (κ1) is 17.1. The molecule has 1 aromatic heterocycles. The highest BCUT2D eigenvalue weighted by Gasteiger charge is 2.10. The number of nitrogen functional groups attached to an aromatic ring is 2. The highest BCUT2D eigenvalue weighted by atomic mass is 32.2. The predicted octanol–water partition coefficient (Wildman–Crippen LogP) is 1.87. The molecule has 23 heavy (non-hydrogen) atoms. The summed E-state index contributed by atoms with van der Waals surface area (Å²) in [6.07, 6.45) is 1.83. The van der Waals surface area contributed by atoms with E-state index >= 15 is 0 Å². The molecule has 0 spiro atoms. The monoisotopic (exact) mass is 331 g/mol. The summed E-state index contributed by atoms with van der Waals surface area (Å²) in [6.45, 7) is 2.00. The van der Waals surface area contributed by atoms with E-state index in [4.69, 9.17) is 11.5 Å². The molecule has 1 amide bonds. The van der Waals surface area contributed by atoms with Crippen molar-refractivity contribution in [1.82, 2.24) is 15.3 Å². The zero-order chi connectivity index (χ0) is 16.7. The first-order chi connectivity index (χ1) is 11.0. The molecule has 5 N–H and O–H groups in total. The van der Waals surface area contributed by atoms with Crippen LogP contribution in [-0.2, 0) is 11.2 Å². The number of carbonyl (C=O) groups is 1. The Hall–Kier alpha value is -2.28. The van der Waals surface area contributed by atoms with Gasteiger partial charge in [-0.25, -0.2) is 9.97 Å². The molecule has 0 radical (unpaired) electrons. The van der Waals surface area contributed by atoms with E-state index in [9.17, 15) is 4.79 Å². The van der Waals surface area contributed by atoms with Crippen molar-refractivity contribution in [3.05, 3.63) is 42.0 Å². The predicted molar refractivity (Wildman–Crippen MR) is 93.9 cm³/mol. The third-order valence-corrected chi connectivity index (χ3v) is 4.04. The topological polar surface area (TPSA) is 107 Å². The van der Waals surface area contributed by atoms with Gasteiger partial charge in [0.1, 0.15) is 11.6 Å². The fourth-order valence-electron chi connectivity index (χ4n) is 2.07. The molecular weight excluding hydrogens is 310 g/mol. The fourth-order valence-corrected chi connectivity index (χ4v) is 2.76. The van der Waals surface area contributed by atoms with E-state index in [-0.39, 0.29) is 17.7 Å². The van der Waals surface area contributed by atoms with Gasteiger partial charge < -0.3 is 16.8 Å². The van der Waals surface area contributed by atoms with Crippen molar-refractivity contribution >= 4 is 29.3 Å². The van der Waals surface area contributed by atoms with Crippen LogP contribution in [0.4, 0.5) is 11.6 Å². The number of amides is 1. The number of rotatable bonds is 7. The number of nitrogens with zero attached hydrogens (tertiary/aromatic N) is 2. The van der Waals surface area contributed by atoms with Gasteiger partial charge in [-0.05, 0) is 25.3 Å². The van der Waals surface area contributed by atoms with E-state index in [1.54, 1.807) is 0 Å². The molecule has 6 nitrogen and oxygen atoms in total. The molecule has 0 fully saturated rings. The summed E-state index contributed by atoms with van der Waals surface area (Å²) in [5.74, 6) is 0.784. The molecule has 1 aromatic carbocycles. The van der Waals surface area contributed by atoms with E-state index < -0.39 is 0 Å². The number of aryl methyl sites for hydroxylation is 1. The summed E-state index contributed by atoms with van der Waals surface area (Å²) >= 11 is 1.22. The van der Waals surface area contributed by atoms with Gasteiger partial charge in [-0.1, -0.05) is 42.1 Å². The molecule has 7 heteroatoms. The molecule has 0 saturated heterocycles. The molecule has 1 heterocycles. The van der Waals surface area contributed by atoms with Crippen LogP contribution < -0.4 is 16.8 Å². The Balaban J connectivity index is 1.73. The second-order valence-electron chi connectivity index (χ2n) is 5.28. The molecule has 1 atom stereocenters. The lowest BCUT2D eigenvalue weighted by Gasteiger charge is -2.13. The molecule has 0 bridgehead atoms. The minimum Gasteiger partial charge on any atom is -0.383 e. The molecule has 0 unspecified atom stereocenters. The van der Waals surface area contributed by atoms with Crippen molar-refractivity contribution in [2.75, 3.05) is 17.2 Å². The maximum Gasteiger partial charge on any atom is 0.230 e. The quantitative estimate of drug-likeness (QED) is 0.528. The van der Waals surface area contributed by atoms with Crippen molar-refractivity contribution < 1.29 is 4.79 Å². The third kappa shape index (κ3) is 6.15. The van der Waals surface area contributed by atoms with Crippen LogP contribution in [0.15, 0.2) is 41.6 Å². The Morgan fingerprint density at radius 2 is 1.87 bits per heavy atom. The van der Waals surface area contributed by atoms with Gasteiger partial charge in [0.2, 0.25) is 5.91 Å². The van der Waals surface area contributed by atoms with Crippen molar-refractivity contribution in [1.29, 1.82) is 0 Å². The lowest BCUT2D eigenvalue weighted by Crippen LogP contribution is -2.34. The van der Waals surface area contributed by atoms with E-state index in [1.807, 2.05) is 25.1 Å². The average molecular weight is 331 g/mol. The van der Waals surface area contributed by atoms with Crippen LogP contribution in [0.5, 0.6) is 0 Å². The van der Waals surface area contributed by atoms with E-state index in [0.717, 1.165) is 12.8 Å². The smallest absolute Gasteiger partial charge is 0.230 e. The van der Waals surface area contributed by atoms with Gasteiger partial charge in [-0.2, -0.15) is 0 Å². The number of hydrogen-bond acceptors (Lipinski definition) is 6. The minimum atomic E-state index is -0.0554. The average Bonchev–Trinajstić information content (AvgIpc) is 2.51. The van der Waals surface area contributed by atoms with Crippen molar-refractivity contribution in [3.8, 4) is 0 Å². The van der Waals surface area contributed by atoms with Gasteiger partial charge in [-0.15, -0.1) is 0 Å². The van der Waals surface area contributed by atoms with Gasteiger partial charge in [-0.3, -0.25) is 4.79 Å². The van der Waals surface area contributed by atoms with Crippen molar-refractivity contribution in [3.63, 3.8) is 0 Å². The fraction of sp³-hybridized carbons (Fsp3) is 0.312. The lowest BCUT2D eigenvalue weighted by molar-refractivity contribution is -0.119. The summed E-state index contributed by atoms with van der Waals surface area (Å²) in [4.78, 5) is 20.0. The maximum absolute atomic E-state index is 12.0. The first-order valence-electron chi connectivity index (χ1n) is 7.39. The van der Waals surface area contributed by atoms with Crippen LogP contribution in [0.1, 0.15) is 18.9 Å². The van der Waals surface area contributed by atoms with Gasteiger partial charge in [0.15, 0.2) is 5.16 Å². The van der Waals surface area contributed by atoms with Gasteiger partial charge in [0.05, 0.1) is 5.75 Å². The number of nitrogens with two attached hydrogens (primary N) is 2. The van der Waals surface area contributed by atoms with Gasteiger partial charge in [0, 0.05) is 12.1 Å². The van der Waals surface area contributed by atoms with Crippen LogP contribution in [0.3, 0.4) is 0 Å². The molecular formula is C16H21N5OS. The number of hydrogen-bond donors (Lipinski definition) is 3. The molecule has 0 aliphatic heterocycles. The zero-order valence-electron chi connectivity index (χ0n) is 13.0. The summed E-state index contributed by atoms with van der Waals surface area (Å²) < 4.78 is 0. The highest BCUT2D eigenvalue weighted by Crippen LogP contribution is 2.16. The number of carbonyl (C=O) groups excluding carboxylic acids is 1. The second kappa shape index (κ2) is 8.38. The number of benzene rings is 1. The van der Waals surface area contributed by atoms with Gasteiger partial charge in [0.25, 0.3) is 0 Å². The minimum absolute atomic E-state index is 0.0554.